The second-order valence-electron chi connectivity index (χ2n) is 5.39. The summed E-state index contributed by atoms with van der Waals surface area (Å²) < 4.78 is 30.8. The van der Waals surface area contributed by atoms with Crippen molar-refractivity contribution >= 4 is 28.3 Å². The Hall–Kier alpha value is -1.35. The molecule has 1 aliphatic rings. The maximum absolute atomic E-state index is 12.3. The molecule has 0 unspecified atom stereocenters. The number of nitrogens with one attached hydrogen (secondary N) is 2. The van der Waals surface area contributed by atoms with Crippen LogP contribution in [0, 0.1) is 5.92 Å². The fourth-order valence-electron chi connectivity index (χ4n) is 2.05. The summed E-state index contributed by atoms with van der Waals surface area (Å²) in [5, 5.41) is 5.95. The Kier molecular flexibility index (Phi) is 6.82. The monoisotopic (exact) mass is 363 g/mol. The van der Waals surface area contributed by atoms with Crippen molar-refractivity contribution in [1.82, 2.24) is 14.9 Å². The topological polar surface area (TPSA) is 87.7 Å². The number of methoxy groups -OCH3 is 1. The molecule has 1 aliphatic heterocycles. The largest absolute Gasteiger partial charge is 0.495 e. The van der Waals surface area contributed by atoms with Gasteiger partial charge in [-0.05, 0) is 18.2 Å². The van der Waals surface area contributed by atoms with E-state index in [1.165, 1.54) is 33.3 Å². The van der Waals surface area contributed by atoms with Crippen LogP contribution in [0.3, 0.4) is 0 Å². The zero-order chi connectivity index (χ0) is 16.3. The summed E-state index contributed by atoms with van der Waals surface area (Å²) in [5.74, 6) is 0.366. The molecule has 0 radical (unpaired) electrons. The van der Waals surface area contributed by atoms with Gasteiger partial charge in [0, 0.05) is 45.2 Å². The van der Waals surface area contributed by atoms with E-state index in [-0.39, 0.29) is 29.0 Å². The molecule has 0 spiro atoms. The van der Waals surface area contributed by atoms with E-state index in [9.17, 15) is 13.2 Å². The summed E-state index contributed by atoms with van der Waals surface area (Å²) in [6, 6.07) is 4.40. The van der Waals surface area contributed by atoms with Gasteiger partial charge in [-0.15, -0.1) is 12.4 Å². The smallest absolute Gasteiger partial charge is 0.251 e. The van der Waals surface area contributed by atoms with Crippen molar-refractivity contribution in [3.63, 3.8) is 0 Å². The van der Waals surface area contributed by atoms with Gasteiger partial charge in [0.1, 0.15) is 10.6 Å². The number of ether oxygens (including phenoxy) is 1. The number of hydrogen-bond acceptors (Lipinski definition) is 5. The zero-order valence-corrected chi connectivity index (χ0v) is 15.0. The van der Waals surface area contributed by atoms with Gasteiger partial charge >= 0.3 is 0 Å². The number of nitrogens with zero attached hydrogens (tertiary/aromatic N) is 1. The maximum Gasteiger partial charge on any atom is 0.251 e. The van der Waals surface area contributed by atoms with Crippen LogP contribution in [0.5, 0.6) is 5.75 Å². The minimum absolute atomic E-state index is 0. The highest BCUT2D eigenvalue weighted by Crippen LogP contribution is 2.26. The van der Waals surface area contributed by atoms with Gasteiger partial charge in [0.2, 0.25) is 10.0 Å². The first kappa shape index (κ1) is 19.7. The zero-order valence-electron chi connectivity index (χ0n) is 13.3. The predicted octanol–water partition coefficient (Wildman–Crippen LogP) is 0.316. The summed E-state index contributed by atoms with van der Waals surface area (Å²) in [5.41, 5.74) is 0.300. The second kappa shape index (κ2) is 7.96. The number of amides is 1. The Morgan fingerprint density at radius 2 is 2.04 bits per heavy atom. The minimum Gasteiger partial charge on any atom is -0.495 e. The summed E-state index contributed by atoms with van der Waals surface area (Å²) in [7, 11) is 0.585. The highest BCUT2D eigenvalue weighted by Gasteiger charge is 2.24. The van der Waals surface area contributed by atoms with Gasteiger partial charge in [0.25, 0.3) is 5.91 Å². The normalized spacial score (nSPS) is 14.8. The molecule has 1 fully saturated rings. The summed E-state index contributed by atoms with van der Waals surface area (Å²) in [6.07, 6.45) is 0. The third-order valence-corrected chi connectivity index (χ3v) is 5.44. The first-order chi connectivity index (χ1) is 10.4. The molecule has 1 aromatic rings. The molecule has 1 amide bonds. The van der Waals surface area contributed by atoms with Crippen molar-refractivity contribution in [2.75, 3.05) is 40.8 Å². The van der Waals surface area contributed by atoms with Crippen LogP contribution in [0.25, 0.3) is 0 Å². The molecule has 9 heteroatoms. The molecule has 7 nitrogen and oxygen atoms in total. The van der Waals surface area contributed by atoms with Gasteiger partial charge in [-0.25, -0.2) is 12.7 Å². The van der Waals surface area contributed by atoms with E-state index >= 15 is 0 Å². The van der Waals surface area contributed by atoms with Crippen LogP contribution in [0.4, 0.5) is 0 Å². The number of carbonyl (C=O) groups is 1. The van der Waals surface area contributed by atoms with Crippen molar-refractivity contribution in [2.45, 2.75) is 4.90 Å². The summed E-state index contributed by atoms with van der Waals surface area (Å²) >= 11 is 0. The number of sulfonamides is 1. The van der Waals surface area contributed by atoms with E-state index in [2.05, 4.69) is 10.6 Å². The third kappa shape index (κ3) is 4.35. The van der Waals surface area contributed by atoms with Crippen molar-refractivity contribution in [2.24, 2.45) is 5.92 Å². The summed E-state index contributed by atoms with van der Waals surface area (Å²) in [4.78, 5) is 12.1. The second-order valence-corrected chi connectivity index (χ2v) is 7.51. The van der Waals surface area contributed by atoms with Crippen LogP contribution >= 0.6 is 12.4 Å². The molecule has 2 N–H and O–H groups in total. The number of carbonyl (C=O) groups excluding carboxylic acids is 1. The van der Waals surface area contributed by atoms with Crippen LogP contribution in [-0.4, -0.2) is 59.5 Å². The molecule has 0 aromatic heterocycles. The maximum atomic E-state index is 12.3. The lowest BCUT2D eigenvalue weighted by Gasteiger charge is -2.27. The van der Waals surface area contributed by atoms with Crippen molar-refractivity contribution in [3.8, 4) is 5.75 Å². The minimum atomic E-state index is -3.68. The molecular weight excluding hydrogens is 342 g/mol. The SMILES string of the molecule is COc1ccc(C(=O)NCC2CNC2)cc1S(=O)(=O)N(C)C.Cl. The number of halogens is 1. The van der Waals surface area contributed by atoms with Crippen LogP contribution < -0.4 is 15.4 Å². The highest BCUT2D eigenvalue weighted by molar-refractivity contribution is 7.89. The molecule has 0 atom stereocenters. The Labute approximate surface area is 142 Å². The van der Waals surface area contributed by atoms with E-state index in [0.717, 1.165) is 17.4 Å². The van der Waals surface area contributed by atoms with E-state index < -0.39 is 10.0 Å². The van der Waals surface area contributed by atoms with Crippen LogP contribution in [0.15, 0.2) is 23.1 Å². The standard InChI is InChI=1S/C14H21N3O4S.ClH/c1-17(2)22(19,20)13-6-11(4-5-12(13)21-3)14(18)16-9-10-7-15-8-10;/h4-6,10,15H,7-9H2,1-3H3,(H,16,18);1H. The van der Waals surface area contributed by atoms with E-state index in [1.54, 1.807) is 6.07 Å². The molecule has 1 saturated heterocycles. The number of hydrogen-bond donors (Lipinski definition) is 2. The predicted molar refractivity (Wildman–Crippen MR) is 89.8 cm³/mol. The fraction of sp³-hybridized carbons (Fsp3) is 0.500. The molecule has 23 heavy (non-hydrogen) atoms. The lowest BCUT2D eigenvalue weighted by molar-refractivity contribution is 0.0942. The molecule has 0 bridgehead atoms. The first-order valence-corrected chi connectivity index (χ1v) is 8.39. The molecule has 2 rings (SSSR count). The molecular formula is C14H22ClN3O4S. The quantitative estimate of drug-likeness (QED) is 0.759. The summed E-state index contributed by atoms with van der Waals surface area (Å²) in [6.45, 7) is 2.36. The van der Waals surface area contributed by atoms with Gasteiger partial charge in [-0.1, -0.05) is 0 Å². The first-order valence-electron chi connectivity index (χ1n) is 6.95. The molecule has 0 saturated carbocycles. The average Bonchev–Trinajstić information content (AvgIpc) is 2.44. The van der Waals surface area contributed by atoms with Crippen LogP contribution in [0.1, 0.15) is 10.4 Å². The fourth-order valence-corrected chi connectivity index (χ4v) is 3.12. The third-order valence-electron chi connectivity index (χ3n) is 3.60. The van der Waals surface area contributed by atoms with Crippen molar-refractivity contribution in [3.05, 3.63) is 23.8 Å². The Morgan fingerprint density at radius 1 is 1.39 bits per heavy atom. The van der Waals surface area contributed by atoms with Gasteiger partial charge < -0.3 is 15.4 Å². The van der Waals surface area contributed by atoms with E-state index in [1.807, 2.05) is 0 Å². The van der Waals surface area contributed by atoms with Crippen LogP contribution in [0.2, 0.25) is 0 Å². The van der Waals surface area contributed by atoms with Gasteiger partial charge in [0.05, 0.1) is 7.11 Å². The van der Waals surface area contributed by atoms with Crippen LogP contribution in [-0.2, 0) is 10.0 Å². The van der Waals surface area contributed by atoms with E-state index in [4.69, 9.17) is 4.74 Å². The Bertz CT molecular complexity index is 660. The van der Waals surface area contributed by atoms with Gasteiger partial charge in [-0.3, -0.25) is 4.79 Å². The average molecular weight is 364 g/mol. The van der Waals surface area contributed by atoms with E-state index in [0.29, 0.717) is 18.0 Å². The molecule has 1 heterocycles. The molecule has 0 aliphatic carbocycles. The lowest BCUT2D eigenvalue weighted by atomic mass is 10.0. The molecule has 1 aromatic carbocycles. The van der Waals surface area contributed by atoms with Crippen molar-refractivity contribution < 1.29 is 17.9 Å². The van der Waals surface area contributed by atoms with Crippen molar-refractivity contribution in [1.29, 1.82) is 0 Å². The number of rotatable bonds is 6. The lowest BCUT2D eigenvalue weighted by Crippen LogP contribution is -2.48. The number of benzene rings is 1. The highest BCUT2D eigenvalue weighted by atomic mass is 35.5. The Morgan fingerprint density at radius 3 is 2.52 bits per heavy atom. The van der Waals surface area contributed by atoms with Gasteiger partial charge in [-0.2, -0.15) is 0 Å². The Balaban J connectivity index is 0.00000264. The molecule has 130 valence electrons. The van der Waals surface area contributed by atoms with Gasteiger partial charge in [0.15, 0.2) is 0 Å².